The molecule has 0 aromatic heterocycles. The molecule has 0 atom stereocenters. The Hall–Kier alpha value is -2.72. The van der Waals surface area contributed by atoms with Gasteiger partial charge in [-0.05, 0) is 41.0 Å². The predicted molar refractivity (Wildman–Crippen MR) is 112 cm³/mol. The number of carbonyl (C=O) groups excluding carboxylic acids is 1. The molecule has 3 aromatic carbocycles. The third-order valence-electron chi connectivity index (χ3n) is 4.21. The van der Waals surface area contributed by atoms with Gasteiger partial charge in [0.1, 0.15) is 5.75 Å². The summed E-state index contributed by atoms with van der Waals surface area (Å²) < 4.78 is 5.14. The normalized spacial score (nSPS) is 10.4. The highest BCUT2D eigenvalue weighted by atomic mass is 32.2. The summed E-state index contributed by atoms with van der Waals surface area (Å²) in [5, 5.41) is 2.95. The van der Waals surface area contributed by atoms with E-state index in [9.17, 15) is 4.79 Å². The van der Waals surface area contributed by atoms with E-state index in [2.05, 4.69) is 29.6 Å². The van der Waals surface area contributed by atoms with Crippen molar-refractivity contribution in [1.29, 1.82) is 0 Å². The van der Waals surface area contributed by atoms with Gasteiger partial charge in [-0.1, -0.05) is 54.6 Å². The summed E-state index contributed by atoms with van der Waals surface area (Å²) in [5.41, 5.74) is 4.28. The molecule has 0 saturated heterocycles. The van der Waals surface area contributed by atoms with Gasteiger partial charge in [-0.3, -0.25) is 4.79 Å². The maximum absolute atomic E-state index is 12.3. The third-order valence-corrected chi connectivity index (χ3v) is 5.28. The lowest BCUT2D eigenvalue weighted by Crippen LogP contribution is -2.22. The SMILES string of the molecule is COc1ccc(CNC(=O)c2ccc(CSCc3ccccc3)cc2)cc1. The topological polar surface area (TPSA) is 38.3 Å². The lowest BCUT2D eigenvalue weighted by molar-refractivity contribution is 0.0951. The van der Waals surface area contributed by atoms with Crippen LogP contribution in [-0.4, -0.2) is 13.0 Å². The molecule has 0 aliphatic heterocycles. The second-order valence-corrected chi connectivity index (χ2v) is 7.19. The number of rotatable bonds is 8. The van der Waals surface area contributed by atoms with Gasteiger partial charge < -0.3 is 10.1 Å². The molecule has 3 rings (SSSR count). The average molecular weight is 378 g/mol. The molecule has 0 heterocycles. The molecule has 0 saturated carbocycles. The summed E-state index contributed by atoms with van der Waals surface area (Å²) in [5.74, 6) is 2.67. The van der Waals surface area contributed by atoms with Crippen LogP contribution in [0, 0.1) is 0 Å². The van der Waals surface area contributed by atoms with E-state index in [1.54, 1.807) is 7.11 Å². The summed E-state index contributed by atoms with van der Waals surface area (Å²) >= 11 is 1.87. The number of carbonyl (C=O) groups is 1. The van der Waals surface area contributed by atoms with Crippen molar-refractivity contribution >= 4 is 17.7 Å². The van der Waals surface area contributed by atoms with Crippen LogP contribution in [0.2, 0.25) is 0 Å². The molecule has 0 radical (unpaired) electrons. The van der Waals surface area contributed by atoms with Gasteiger partial charge in [0.15, 0.2) is 0 Å². The van der Waals surface area contributed by atoms with Crippen molar-refractivity contribution in [2.75, 3.05) is 7.11 Å². The van der Waals surface area contributed by atoms with Gasteiger partial charge in [-0.2, -0.15) is 11.8 Å². The third kappa shape index (κ3) is 5.90. The van der Waals surface area contributed by atoms with Crippen LogP contribution in [0.5, 0.6) is 5.75 Å². The zero-order chi connectivity index (χ0) is 18.9. The van der Waals surface area contributed by atoms with Gasteiger partial charge in [0, 0.05) is 23.6 Å². The number of hydrogen-bond acceptors (Lipinski definition) is 3. The molecular formula is C23H23NO2S. The molecule has 4 heteroatoms. The van der Waals surface area contributed by atoms with E-state index in [-0.39, 0.29) is 5.91 Å². The molecule has 0 unspecified atom stereocenters. The first-order valence-electron chi connectivity index (χ1n) is 8.86. The molecule has 3 nitrogen and oxygen atoms in total. The number of benzene rings is 3. The molecule has 0 aliphatic rings. The van der Waals surface area contributed by atoms with E-state index in [1.165, 1.54) is 11.1 Å². The second-order valence-electron chi connectivity index (χ2n) is 6.21. The van der Waals surface area contributed by atoms with Crippen LogP contribution in [0.4, 0.5) is 0 Å². The predicted octanol–water partition coefficient (Wildman–Crippen LogP) is 5.06. The Bertz CT molecular complexity index is 846. The molecule has 138 valence electrons. The van der Waals surface area contributed by atoms with Gasteiger partial charge in [-0.25, -0.2) is 0 Å². The fourth-order valence-corrected chi connectivity index (χ4v) is 3.60. The lowest BCUT2D eigenvalue weighted by Gasteiger charge is -2.07. The number of ether oxygens (including phenoxy) is 1. The van der Waals surface area contributed by atoms with Crippen LogP contribution in [0.25, 0.3) is 0 Å². The second kappa shape index (κ2) is 9.83. The molecule has 1 amide bonds. The van der Waals surface area contributed by atoms with Crippen molar-refractivity contribution in [3.8, 4) is 5.75 Å². The van der Waals surface area contributed by atoms with Crippen molar-refractivity contribution in [3.63, 3.8) is 0 Å². The molecule has 0 aliphatic carbocycles. The first kappa shape index (κ1) is 19.1. The Labute approximate surface area is 164 Å². The summed E-state index contributed by atoms with van der Waals surface area (Å²) in [7, 11) is 1.64. The largest absolute Gasteiger partial charge is 0.497 e. The molecule has 27 heavy (non-hydrogen) atoms. The van der Waals surface area contributed by atoms with E-state index in [4.69, 9.17) is 4.74 Å². The van der Waals surface area contributed by atoms with Crippen LogP contribution in [0.3, 0.4) is 0 Å². The van der Waals surface area contributed by atoms with E-state index in [0.717, 1.165) is 22.8 Å². The van der Waals surface area contributed by atoms with Crippen molar-refractivity contribution in [2.24, 2.45) is 0 Å². The Morgan fingerprint density at radius 2 is 1.41 bits per heavy atom. The number of methoxy groups -OCH3 is 1. The monoisotopic (exact) mass is 377 g/mol. The minimum absolute atomic E-state index is 0.0608. The highest BCUT2D eigenvalue weighted by Gasteiger charge is 2.05. The number of hydrogen-bond donors (Lipinski definition) is 1. The van der Waals surface area contributed by atoms with Gasteiger partial charge >= 0.3 is 0 Å². The van der Waals surface area contributed by atoms with Crippen LogP contribution in [-0.2, 0) is 18.1 Å². The molecule has 0 spiro atoms. The molecule has 0 fully saturated rings. The van der Waals surface area contributed by atoms with Crippen LogP contribution >= 0.6 is 11.8 Å². The van der Waals surface area contributed by atoms with Crippen LogP contribution in [0.15, 0.2) is 78.9 Å². The highest BCUT2D eigenvalue weighted by molar-refractivity contribution is 7.97. The summed E-state index contributed by atoms with van der Waals surface area (Å²) in [6.07, 6.45) is 0. The number of thioether (sulfide) groups is 1. The summed E-state index contributed by atoms with van der Waals surface area (Å²) in [4.78, 5) is 12.3. The Kier molecular flexibility index (Phi) is 6.94. The maximum atomic E-state index is 12.3. The molecule has 0 bridgehead atoms. The van der Waals surface area contributed by atoms with Crippen molar-refractivity contribution in [1.82, 2.24) is 5.32 Å². The zero-order valence-corrected chi connectivity index (χ0v) is 16.2. The van der Waals surface area contributed by atoms with Crippen LogP contribution in [0.1, 0.15) is 27.0 Å². The smallest absolute Gasteiger partial charge is 0.251 e. The quantitative estimate of drug-likeness (QED) is 0.596. The van der Waals surface area contributed by atoms with Crippen molar-refractivity contribution in [2.45, 2.75) is 18.1 Å². The molecule has 3 aromatic rings. The summed E-state index contributed by atoms with van der Waals surface area (Å²) in [6.45, 7) is 0.498. The van der Waals surface area contributed by atoms with Crippen molar-refractivity contribution < 1.29 is 9.53 Å². The van der Waals surface area contributed by atoms with E-state index in [0.29, 0.717) is 12.1 Å². The Morgan fingerprint density at radius 1 is 0.815 bits per heavy atom. The van der Waals surface area contributed by atoms with Crippen molar-refractivity contribution in [3.05, 3.63) is 101 Å². The van der Waals surface area contributed by atoms with Gasteiger partial charge in [0.2, 0.25) is 0 Å². The van der Waals surface area contributed by atoms with E-state index >= 15 is 0 Å². The number of amides is 1. The Balaban J connectivity index is 1.46. The fourth-order valence-electron chi connectivity index (χ4n) is 2.64. The van der Waals surface area contributed by atoms with Gasteiger partial charge in [-0.15, -0.1) is 0 Å². The maximum Gasteiger partial charge on any atom is 0.251 e. The minimum Gasteiger partial charge on any atom is -0.497 e. The van der Waals surface area contributed by atoms with Gasteiger partial charge in [0.05, 0.1) is 7.11 Å². The highest BCUT2D eigenvalue weighted by Crippen LogP contribution is 2.18. The first-order valence-corrected chi connectivity index (χ1v) is 10.0. The van der Waals surface area contributed by atoms with Gasteiger partial charge in [0.25, 0.3) is 5.91 Å². The first-order chi connectivity index (χ1) is 13.2. The fraction of sp³-hybridized carbons (Fsp3) is 0.174. The number of nitrogens with one attached hydrogen (secondary N) is 1. The minimum atomic E-state index is -0.0608. The summed E-state index contributed by atoms with van der Waals surface area (Å²) in [6, 6.07) is 26.0. The standard InChI is InChI=1S/C23H23NO2S/c1-26-22-13-9-18(10-14-22)15-24-23(25)21-11-7-20(8-12-21)17-27-16-19-5-3-2-4-6-19/h2-14H,15-17H2,1H3,(H,24,25). The average Bonchev–Trinajstić information content (AvgIpc) is 2.73. The van der Waals surface area contributed by atoms with E-state index < -0.39 is 0 Å². The zero-order valence-electron chi connectivity index (χ0n) is 15.4. The van der Waals surface area contributed by atoms with E-state index in [1.807, 2.05) is 66.4 Å². The lowest BCUT2D eigenvalue weighted by atomic mass is 10.1. The molecule has 1 N–H and O–H groups in total. The van der Waals surface area contributed by atoms with Crippen LogP contribution < -0.4 is 10.1 Å². The Morgan fingerprint density at radius 3 is 2.04 bits per heavy atom. The molecular weight excluding hydrogens is 354 g/mol.